The smallest absolute Gasteiger partial charge is 0.0416 e. The quantitative estimate of drug-likeness (QED) is 0.743. The largest absolute Gasteiger partial charge is 0.385 e. The van der Waals surface area contributed by atoms with E-state index in [2.05, 4.69) is 36.4 Å². The maximum Gasteiger partial charge on any atom is 0.0416 e. The van der Waals surface area contributed by atoms with Crippen molar-refractivity contribution < 1.29 is 0 Å². The van der Waals surface area contributed by atoms with Crippen LogP contribution in [0.4, 0.5) is 5.69 Å². The SMILES string of the molecule is CCCNc1ccncc1CNCC(C)C. The van der Waals surface area contributed by atoms with Gasteiger partial charge in [-0.25, -0.2) is 0 Å². The first-order valence-electron chi connectivity index (χ1n) is 6.11. The van der Waals surface area contributed by atoms with Crippen molar-refractivity contribution in [1.82, 2.24) is 10.3 Å². The van der Waals surface area contributed by atoms with Crippen molar-refractivity contribution in [1.29, 1.82) is 0 Å². The zero-order valence-corrected chi connectivity index (χ0v) is 10.6. The minimum Gasteiger partial charge on any atom is -0.385 e. The van der Waals surface area contributed by atoms with E-state index in [9.17, 15) is 0 Å². The van der Waals surface area contributed by atoms with Gasteiger partial charge in [0.25, 0.3) is 0 Å². The molecule has 90 valence electrons. The van der Waals surface area contributed by atoms with Crippen molar-refractivity contribution in [2.24, 2.45) is 5.92 Å². The molecule has 0 atom stereocenters. The van der Waals surface area contributed by atoms with Gasteiger partial charge in [0.15, 0.2) is 0 Å². The molecule has 16 heavy (non-hydrogen) atoms. The zero-order valence-electron chi connectivity index (χ0n) is 10.6. The lowest BCUT2D eigenvalue weighted by molar-refractivity contribution is 0.552. The van der Waals surface area contributed by atoms with E-state index >= 15 is 0 Å². The predicted octanol–water partition coefficient (Wildman–Crippen LogP) is 2.65. The van der Waals surface area contributed by atoms with Gasteiger partial charge in [0, 0.05) is 36.7 Å². The van der Waals surface area contributed by atoms with Gasteiger partial charge in [-0.15, -0.1) is 0 Å². The number of nitrogens with zero attached hydrogens (tertiary/aromatic N) is 1. The van der Waals surface area contributed by atoms with Crippen LogP contribution in [0.3, 0.4) is 0 Å². The molecular formula is C13H23N3. The molecule has 0 unspecified atom stereocenters. The number of nitrogens with one attached hydrogen (secondary N) is 2. The Bertz CT molecular complexity index is 297. The molecule has 3 nitrogen and oxygen atoms in total. The number of hydrogen-bond donors (Lipinski definition) is 2. The van der Waals surface area contributed by atoms with Gasteiger partial charge >= 0.3 is 0 Å². The number of rotatable bonds is 7. The topological polar surface area (TPSA) is 37.0 Å². The first kappa shape index (κ1) is 13.0. The fourth-order valence-corrected chi connectivity index (χ4v) is 1.50. The zero-order chi connectivity index (χ0) is 11.8. The summed E-state index contributed by atoms with van der Waals surface area (Å²) in [5, 5.41) is 6.86. The number of pyridine rings is 1. The van der Waals surface area contributed by atoms with E-state index in [1.54, 1.807) is 0 Å². The maximum atomic E-state index is 4.17. The van der Waals surface area contributed by atoms with Crippen molar-refractivity contribution >= 4 is 5.69 Å². The first-order chi connectivity index (χ1) is 7.74. The Morgan fingerprint density at radius 3 is 2.88 bits per heavy atom. The minimum atomic E-state index is 0.684. The summed E-state index contributed by atoms with van der Waals surface area (Å²) >= 11 is 0. The molecule has 1 heterocycles. The third kappa shape index (κ3) is 4.62. The molecule has 0 bridgehead atoms. The molecular weight excluding hydrogens is 198 g/mol. The van der Waals surface area contributed by atoms with Crippen molar-refractivity contribution in [3.05, 3.63) is 24.0 Å². The number of aromatic nitrogens is 1. The summed E-state index contributed by atoms with van der Waals surface area (Å²) in [6.07, 6.45) is 4.91. The molecule has 0 radical (unpaired) electrons. The Morgan fingerprint density at radius 2 is 2.19 bits per heavy atom. The third-order valence-corrected chi connectivity index (χ3v) is 2.34. The molecule has 0 aliphatic heterocycles. The molecule has 1 aromatic rings. The lowest BCUT2D eigenvalue weighted by Crippen LogP contribution is -2.20. The van der Waals surface area contributed by atoms with Crippen molar-refractivity contribution in [2.45, 2.75) is 33.7 Å². The van der Waals surface area contributed by atoms with E-state index in [4.69, 9.17) is 0 Å². The maximum absolute atomic E-state index is 4.17. The van der Waals surface area contributed by atoms with Crippen LogP contribution in [0.5, 0.6) is 0 Å². The van der Waals surface area contributed by atoms with Gasteiger partial charge < -0.3 is 10.6 Å². The summed E-state index contributed by atoms with van der Waals surface area (Å²) in [5.41, 5.74) is 2.45. The van der Waals surface area contributed by atoms with Crippen LogP contribution < -0.4 is 10.6 Å². The van der Waals surface area contributed by atoms with Gasteiger partial charge in [0.2, 0.25) is 0 Å². The molecule has 0 spiro atoms. The summed E-state index contributed by atoms with van der Waals surface area (Å²) in [5.74, 6) is 0.684. The molecule has 1 aromatic heterocycles. The van der Waals surface area contributed by atoms with Gasteiger partial charge in [-0.2, -0.15) is 0 Å². The van der Waals surface area contributed by atoms with Crippen LogP contribution in [-0.2, 0) is 6.54 Å². The van der Waals surface area contributed by atoms with Crippen LogP contribution in [0, 0.1) is 5.92 Å². The van der Waals surface area contributed by atoms with Crippen LogP contribution in [0.25, 0.3) is 0 Å². The molecule has 3 heteroatoms. The Morgan fingerprint density at radius 1 is 1.38 bits per heavy atom. The molecule has 0 aromatic carbocycles. The second-order valence-corrected chi connectivity index (χ2v) is 4.48. The lowest BCUT2D eigenvalue weighted by atomic mass is 10.2. The Balaban J connectivity index is 2.49. The second kappa shape index (κ2) is 7.23. The van der Waals surface area contributed by atoms with Gasteiger partial charge in [-0.05, 0) is 24.9 Å². The van der Waals surface area contributed by atoms with Crippen LogP contribution in [0.1, 0.15) is 32.8 Å². The first-order valence-corrected chi connectivity index (χ1v) is 6.11. The summed E-state index contributed by atoms with van der Waals surface area (Å²) in [4.78, 5) is 4.17. The van der Waals surface area contributed by atoms with Crippen LogP contribution in [-0.4, -0.2) is 18.1 Å². The highest BCUT2D eigenvalue weighted by molar-refractivity contribution is 5.49. The monoisotopic (exact) mass is 221 g/mol. The Hall–Kier alpha value is -1.09. The van der Waals surface area contributed by atoms with Gasteiger partial charge in [-0.1, -0.05) is 20.8 Å². The molecule has 0 amide bonds. The summed E-state index contributed by atoms with van der Waals surface area (Å²) < 4.78 is 0. The van der Waals surface area contributed by atoms with E-state index in [-0.39, 0.29) is 0 Å². The van der Waals surface area contributed by atoms with E-state index in [0.29, 0.717) is 5.92 Å². The number of hydrogen-bond acceptors (Lipinski definition) is 3. The van der Waals surface area contributed by atoms with E-state index in [1.807, 2.05) is 18.5 Å². The second-order valence-electron chi connectivity index (χ2n) is 4.48. The van der Waals surface area contributed by atoms with Crippen LogP contribution in [0.15, 0.2) is 18.5 Å². The molecule has 0 fully saturated rings. The van der Waals surface area contributed by atoms with E-state index in [0.717, 1.165) is 26.1 Å². The van der Waals surface area contributed by atoms with Crippen molar-refractivity contribution in [3.63, 3.8) is 0 Å². The van der Waals surface area contributed by atoms with Gasteiger partial charge in [0.05, 0.1) is 0 Å². The van der Waals surface area contributed by atoms with Gasteiger partial charge in [0.1, 0.15) is 0 Å². The Labute approximate surface area is 98.7 Å². The van der Waals surface area contributed by atoms with E-state index < -0.39 is 0 Å². The fraction of sp³-hybridized carbons (Fsp3) is 0.615. The molecule has 0 saturated heterocycles. The molecule has 2 N–H and O–H groups in total. The van der Waals surface area contributed by atoms with Crippen molar-refractivity contribution in [2.75, 3.05) is 18.4 Å². The summed E-state index contributed by atoms with van der Waals surface area (Å²) in [6.45, 7) is 9.55. The fourth-order valence-electron chi connectivity index (χ4n) is 1.50. The molecule has 0 saturated carbocycles. The average Bonchev–Trinajstić information content (AvgIpc) is 2.27. The highest BCUT2D eigenvalue weighted by atomic mass is 14.9. The highest BCUT2D eigenvalue weighted by Crippen LogP contribution is 2.13. The standard InChI is InChI=1S/C13H23N3/c1-4-6-16-13-5-7-14-9-12(13)10-15-8-11(2)3/h5,7,9,11,15H,4,6,8,10H2,1-3H3,(H,14,16). The third-order valence-electron chi connectivity index (χ3n) is 2.34. The number of anilines is 1. The molecule has 0 aliphatic rings. The molecule has 1 rings (SSSR count). The van der Waals surface area contributed by atoms with Gasteiger partial charge in [-0.3, -0.25) is 4.98 Å². The minimum absolute atomic E-state index is 0.684. The average molecular weight is 221 g/mol. The Kier molecular flexibility index (Phi) is 5.86. The molecule has 0 aliphatic carbocycles. The summed E-state index contributed by atoms with van der Waals surface area (Å²) in [7, 11) is 0. The van der Waals surface area contributed by atoms with Crippen molar-refractivity contribution in [3.8, 4) is 0 Å². The summed E-state index contributed by atoms with van der Waals surface area (Å²) in [6, 6.07) is 2.04. The highest BCUT2D eigenvalue weighted by Gasteiger charge is 2.01. The predicted molar refractivity (Wildman–Crippen MR) is 69.6 cm³/mol. The van der Waals surface area contributed by atoms with E-state index in [1.165, 1.54) is 11.3 Å². The lowest BCUT2D eigenvalue weighted by Gasteiger charge is -2.12. The van der Waals surface area contributed by atoms with Crippen LogP contribution in [0.2, 0.25) is 0 Å². The normalized spacial score (nSPS) is 10.8. The van der Waals surface area contributed by atoms with Crippen LogP contribution >= 0.6 is 0 Å².